The van der Waals surface area contributed by atoms with Crippen molar-refractivity contribution >= 4 is 28.7 Å². The summed E-state index contributed by atoms with van der Waals surface area (Å²) in [5, 5.41) is 9.54. The first-order valence-electron chi connectivity index (χ1n) is 5.91. The van der Waals surface area contributed by atoms with E-state index in [9.17, 15) is 4.79 Å². The Balaban J connectivity index is 2.33. The number of aryl methyl sites for hydroxylation is 1. The Labute approximate surface area is 119 Å². The van der Waals surface area contributed by atoms with Crippen LogP contribution in [0.5, 0.6) is 0 Å². The number of hydrogen-bond donors (Lipinski definition) is 1. The van der Waals surface area contributed by atoms with Crippen LogP contribution in [0.15, 0.2) is 36.5 Å². The molecule has 0 saturated carbocycles. The van der Waals surface area contributed by atoms with E-state index in [2.05, 4.69) is 9.97 Å². The van der Waals surface area contributed by atoms with Gasteiger partial charge < -0.3 is 5.11 Å². The highest BCUT2D eigenvalue weighted by atomic mass is 35.5. The molecule has 2 aromatic heterocycles. The summed E-state index contributed by atoms with van der Waals surface area (Å²) < 4.78 is 1.75. The van der Waals surface area contributed by atoms with Crippen molar-refractivity contribution in [2.75, 3.05) is 0 Å². The quantitative estimate of drug-likeness (QED) is 0.786. The highest BCUT2D eigenvalue weighted by Crippen LogP contribution is 2.26. The number of hydrogen-bond acceptors (Lipinski definition) is 3. The third kappa shape index (κ3) is 1.92. The number of carboxylic acid groups (broad SMARTS) is 1. The lowest BCUT2D eigenvalue weighted by Crippen LogP contribution is -2.03. The van der Waals surface area contributed by atoms with Crippen LogP contribution in [0.25, 0.3) is 16.9 Å². The second-order valence-corrected chi connectivity index (χ2v) is 4.72. The first-order chi connectivity index (χ1) is 9.58. The lowest BCUT2D eigenvalue weighted by Gasteiger charge is -2.09. The number of nitrogens with zero attached hydrogens (tertiary/aromatic N) is 3. The van der Waals surface area contributed by atoms with Gasteiger partial charge in [0, 0.05) is 6.20 Å². The summed E-state index contributed by atoms with van der Waals surface area (Å²) in [7, 11) is 0. The molecule has 20 heavy (non-hydrogen) atoms. The van der Waals surface area contributed by atoms with E-state index in [0.29, 0.717) is 22.2 Å². The van der Waals surface area contributed by atoms with Gasteiger partial charge >= 0.3 is 5.97 Å². The molecule has 3 rings (SSSR count). The fourth-order valence-corrected chi connectivity index (χ4v) is 2.33. The molecule has 0 spiro atoms. The number of benzene rings is 1. The highest BCUT2D eigenvalue weighted by molar-refractivity contribution is 6.32. The number of aromatic carboxylic acids is 1. The molecule has 0 aliphatic heterocycles. The first kappa shape index (κ1) is 12.6. The van der Waals surface area contributed by atoms with Crippen LogP contribution >= 0.6 is 11.6 Å². The largest absolute Gasteiger partial charge is 0.478 e. The normalized spacial score (nSPS) is 10.9. The van der Waals surface area contributed by atoms with Crippen LogP contribution in [0, 0.1) is 6.92 Å². The van der Waals surface area contributed by atoms with Gasteiger partial charge in [-0.2, -0.15) is 0 Å². The van der Waals surface area contributed by atoms with E-state index < -0.39 is 5.97 Å². The van der Waals surface area contributed by atoms with Gasteiger partial charge in [-0.1, -0.05) is 11.6 Å². The van der Waals surface area contributed by atoms with Gasteiger partial charge in [0.2, 0.25) is 0 Å². The number of halogens is 1. The average molecular weight is 288 g/mol. The van der Waals surface area contributed by atoms with Crippen molar-refractivity contribution in [3.63, 3.8) is 0 Å². The third-order valence-electron chi connectivity index (χ3n) is 3.02. The van der Waals surface area contributed by atoms with Crippen molar-refractivity contribution in [1.82, 2.24) is 14.5 Å². The Morgan fingerprint density at radius 2 is 2.15 bits per heavy atom. The number of fused-ring (bicyclic) bond motifs is 1. The molecule has 6 heteroatoms. The van der Waals surface area contributed by atoms with Crippen molar-refractivity contribution in [1.29, 1.82) is 0 Å². The Morgan fingerprint density at radius 3 is 2.90 bits per heavy atom. The molecule has 5 nitrogen and oxygen atoms in total. The fraction of sp³-hybridized carbons (Fsp3) is 0.0714. The predicted octanol–water partition coefficient (Wildman–Crippen LogP) is 3.08. The van der Waals surface area contributed by atoms with Crippen LogP contribution in [-0.2, 0) is 0 Å². The number of rotatable bonds is 2. The molecule has 1 N–H and O–H groups in total. The molecule has 0 atom stereocenters. The Kier molecular flexibility index (Phi) is 2.91. The number of carboxylic acids is 1. The first-order valence-corrected chi connectivity index (χ1v) is 6.29. The van der Waals surface area contributed by atoms with Crippen molar-refractivity contribution in [3.8, 4) is 5.69 Å². The van der Waals surface area contributed by atoms with Gasteiger partial charge in [0.05, 0.1) is 16.3 Å². The summed E-state index contributed by atoms with van der Waals surface area (Å²) >= 11 is 6.20. The topological polar surface area (TPSA) is 68.0 Å². The maximum absolute atomic E-state index is 11.1. The van der Waals surface area contributed by atoms with E-state index in [4.69, 9.17) is 16.7 Å². The van der Waals surface area contributed by atoms with Crippen molar-refractivity contribution in [2.24, 2.45) is 0 Å². The van der Waals surface area contributed by atoms with E-state index in [1.807, 2.05) is 13.0 Å². The molecule has 0 bridgehead atoms. The lowest BCUT2D eigenvalue weighted by atomic mass is 10.2. The SMILES string of the molecule is Cc1nc2cccnc2n1-c1cc(C(=O)O)ccc1Cl. The summed E-state index contributed by atoms with van der Waals surface area (Å²) in [6, 6.07) is 8.20. The van der Waals surface area contributed by atoms with Gasteiger partial charge in [-0.15, -0.1) is 0 Å². The molecule has 0 radical (unpaired) electrons. The number of pyridine rings is 1. The van der Waals surface area contributed by atoms with E-state index in [-0.39, 0.29) is 5.56 Å². The standard InChI is InChI=1S/C14H10ClN3O2/c1-8-17-11-3-2-6-16-13(11)18(8)12-7-9(14(19)20)4-5-10(12)15/h2-7H,1H3,(H,19,20). The molecule has 0 fully saturated rings. The Bertz CT molecular complexity index is 826. The minimum absolute atomic E-state index is 0.168. The van der Waals surface area contributed by atoms with Crippen LogP contribution < -0.4 is 0 Å². The summed E-state index contributed by atoms with van der Waals surface area (Å²) in [4.78, 5) is 19.8. The Morgan fingerprint density at radius 1 is 1.35 bits per heavy atom. The number of aromatic nitrogens is 3. The minimum atomic E-state index is -1.00. The molecule has 1 aromatic carbocycles. The monoisotopic (exact) mass is 287 g/mol. The van der Waals surface area contributed by atoms with Gasteiger partial charge in [0.25, 0.3) is 0 Å². The summed E-state index contributed by atoms with van der Waals surface area (Å²) in [5.41, 5.74) is 2.11. The molecular formula is C14H10ClN3O2. The fourth-order valence-electron chi connectivity index (χ4n) is 2.13. The smallest absolute Gasteiger partial charge is 0.335 e. The number of imidazole rings is 1. The molecular weight excluding hydrogens is 278 g/mol. The van der Waals surface area contributed by atoms with Crippen molar-refractivity contribution < 1.29 is 9.90 Å². The van der Waals surface area contributed by atoms with Crippen LogP contribution in [0.1, 0.15) is 16.2 Å². The second-order valence-electron chi connectivity index (χ2n) is 4.31. The van der Waals surface area contributed by atoms with Gasteiger partial charge in [-0.3, -0.25) is 4.57 Å². The molecule has 0 aliphatic rings. The minimum Gasteiger partial charge on any atom is -0.478 e. The van der Waals surface area contributed by atoms with Crippen molar-refractivity contribution in [3.05, 3.63) is 52.9 Å². The van der Waals surface area contributed by atoms with Crippen LogP contribution in [0.2, 0.25) is 5.02 Å². The van der Waals surface area contributed by atoms with Crippen molar-refractivity contribution in [2.45, 2.75) is 6.92 Å². The van der Waals surface area contributed by atoms with Crippen LogP contribution in [-0.4, -0.2) is 25.6 Å². The van der Waals surface area contributed by atoms with Gasteiger partial charge in [0.1, 0.15) is 11.3 Å². The molecule has 0 aliphatic carbocycles. The summed E-state index contributed by atoms with van der Waals surface area (Å²) in [6.45, 7) is 1.82. The molecule has 0 unspecified atom stereocenters. The lowest BCUT2D eigenvalue weighted by molar-refractivity contribution is 0.0697. The zero-order valence-corrected chi connectivity index (χ0v) is 11.3. The summed E-state index contributed by atoms with van der Waals surface area (Å²) in [6.07, 6.45) is 1.66. The molecule has 100 valence electrons. The van der Waals surface area contributed by atoms with E-state index in [0.717, 1.165) is 5.52 Å². The molecule has 0 amide bonds. The zero-order chi connectivity index (χ0) is 14.3. The van der Waals surface area contributed by atoms with E-state index in [1.54, 1.807) is 22.9 Å². The molecule has 2 heterocycles. The maximum atomic E-state index is 11.1. The predicted molar refractivity (Wildman–Crippen MR) is 75.6 cm³/mol. The van der Waals surface area contributed by atoms with Gasteiger partial charge in [0.15, 0.2) is 5.65 Å². The highest BCUT2D eigenvalue weighted by Gasteiger charge is 2.14. The van der Waals surface area contributed by atoms with Gasteiger partial charge in [-0.05, 0) is 37.3 Å². The summed E-state index contributed by atoms with van der Waals surface area (Å²) in [5.74, 6) is -0.305. The third-order valence-corrected chi connectivity index (χ3v) is 3.34. The number of carbonyl (C=O) groups is 1. The van der Waals surface area contributed by atoms with Crippen LogP contribution in [0.4, 0.5) is 0 Å². The van der Waals surface area contributed by atoms with Gasteiger partial charge in [-0.25, -0.2) is 14.8 Å². The second kappa shape index (κ2) is 4.61. The van der Waals surface area contributed by atoms with E-state index >= 15 is 0 Å². The maximum Gasteiger partial charge on any atom is 0.335 e. The molecule has 0 saturated heterocycles. The zero-order valence-electron chi connectivity index (χ0n) is 10.5. The molecule has 3 aromatic rings. The average Bonchev–Trinajstić information content (AvgIpc) is 2.75. The van der Waals surface area contributed by atoms with Crippen LogP contribution in [0.3, 0.4) is 0 Å². The Hall–Kier alpha value is -2.40. The van der Waals surface area contributed by atoms with E-state index in [1.165, 1.54) is 12.1 Å².